The molecule has 0 bridgehead atoms. The summed E-state index contributed by atoms with van der Waals surface area (Å²) in [6.07, 6.45) is 0. The van der Waals surface area contributed by atoms with Gasteiger partial charge in [0.2, 0.25) is 0 Å². The van der Waals surface area contributed by atoms with Crippen molar-refractivity contribution in [2.45, 2.75) is 13.5 Å². The van der Waals surface area contributed by atoms with Crippen molar-refractivity contribution >= 4 is 21.6 Å². The molecule has 0 heterocycles. The molecule has 3 nitrogen and oxygen atoms in total. The van der Waals surface area contributed by atoms with Gasteiger partial charge in [0.25, 0.3) is 0 Å². The van der Waals surface area contributed by atoms with Crippen LogP contribution in [0, 0.1) is 6.92 Å². The highest BCUT2D eigenvalue weighted by Crippen LogP contribution is 2.33. The lowest BCUT2D eigenvalue weighted by Gasteiger charge is -2.11. The number of nitrogen functional groups attached to an aromatic ring is 1. The van der Waals surface area contributed by atoms with Gasteiger partial charge in [-0.05, 0) is 58.2 Å². The maximum absolute atomic E-state index is 9.08. The van der Waals surface area contributed by atoms with Crippen molar-refractivity contribution < 1.29 is 9.84 Å². The van der Waals surface area contributed by atoms with Gasteiger partial charge in [-0.25, -0.2) is 0 Å². The second-order valence-corrected chi connectivity index (χ2v) is 4.90. The molecule has 18 heavy (non-hydrogen) atoms. The van der Waals surface area contributed by atoms with E-state index < -0.39 is 0 Å². The van der Waals surface area contributed by atoms with Crippen LogP contribution in [0.25, 0.3) is 0 Å². The summed E-state index contributed by atoms with van der Waals surface area (Å²) in [6, 6.07) is 11.0. The Morgan fingerprint density at radius 2 is 2.06 bits per heavy atom. The maximum atomic E-state index is 9.08. The summed E-state index contributed by atoms with van der Waals surface area (Å²) in [6.45, 7) is 1.93. The van der Waals surface area contributed by atoms with Gasteiger partial charge < -0.3 is 15.6 Å². The Morgan fingerprint density at radius 3 is 2.78 bits per heavy atom. The van der Waals surface area contributed by atoms with Crippen molar-refractivity contribution in [3.63, 3.8) is 0 Å². The Hall–Kier alpha value is -1.52. The average molecular weight is 308 g/mol. The molecule has 0 aromatic heterocycles. The highest BCUT2D eigenvalue weighted by atomic mass is 79.9. The zero-order chi connectivity index (χ0) is 13.1. The molecule has 2 aromatic rings. The molecular weight excluding hydrogens is 294 g/mol. The van der Waals surface area contributed by atoms with Crippen LogP contribution in [0.15, 0.2) is 40.9 Å². The number of benzene rings is 2. The molecule has 2 aromatic carbocycles. The summed E-state index contributed by atoms with van der Waals surface area (Å²) in [7, 11) is 0. The molecule has 0 amide bonds. The van der Waals surface area contributed by atoms with Gasteiger partial charge in [-0.3, -0.25) is 0 Å². The number of aliphatic hydroxyl groups excluding tert-OH is 1. The molecule has 0 aliphatic carbocycles. The summed E-state index contributed by atoms with van der Waals surface area (Å²) in [5.74, 6) is 1.39. The third-order valence-electron chi connectivity index (χ3n) is 2.63. The molecule has 0 saturated carbocycles. The Morgan fingerprint density at radius 1 is 1.28 bits per heavy atom. The summed E-state index contributed by atoms with van der Waals surface area (Å²) in [5, 5.41) is 9.08. The van der Waals surface area contributed by atoms with E-state index >= 15 is 0 Å². The van der Waals surface area contributed by atoms with Crippen LogP contribution >= 0.6 is 15.9 Å². The highest BCUT2D eigenvalue weighted by Gasteiger charge is 2.06. The number of aryl methyl sites for hydroxylation is 1. The Bertz CT molecular complexity index is 570. The van der Waals surface area contributed by atoms with E-state index in [9.17, 15) is 0 Å². The van der Waals surface area contributed by atoms with Crippen LogP contribution in [0.1, 0.15) is 11.1 Å². The molecule has 2 rings (SSSR count). The molecule has 0 aliphatic heterocycles. The Balaban J connectivity index is 2.30. The van der Waals surface area contributed by atoms with Gasteiger partial charge in [-0.15, -0.1) is 0 Å². The fraction of sp³-hybridized carbons (Fsp3) is 0.143. The van der Waals surface area contributed by atoms with Crippen LogP contribution in [-0.4, -0.2) is 5.11 Å². The van der Waals surface area contributed by atoms with Gasteiger partial charge in [-0.2, -0.15) is 0 Å². The number of aliphatic hydroxyl groups is 1. The minimum atomic E-state index is -0.000858. The summed E-state index contributed by atoms with van der Waals surface area (Å²) < 4.78 is 6.58. The summed E-state index contributed by atoms with van der Waals surface area (Å²) in [4.78, 5) is 0. The van der Waals surface area contributed by atoms with Gasteiger partial charge in [0.05, 0.1) is 11.1 Å². The predicted molar refractivity (Wildman–Crippen MR) is 75.7 cm³/mol. The van der Waals surface area contributed by atoms with E-state index in [0.29, 0.717) is 11.5 Å². The van der Waals surface area contributed by atoms with E-state index in [4.69, 9.17) is 15.6 Å². The minimum Gasteiger partial charge on any atom is -0.456 e. The van der Waals surface area contributed by atoms with Crippen molar-refractivity contribution in [3.8, 4) is 11.5 Å². The molecule has 0 radical (unpaired) electrons. The third-order valence-corrected chi connectivity index (χ3v) is 3.25. The molecule has 0 atom stereocenters. The van der Waals surface area contributed by atoms with Gasteiger partial charge in [0.1, 0.15) is 11.5 Å². The molecule has 3 N–H and O–H groups in total. The molecule has 0 aliphatic rings. The Kier molecular flexibility index (Phi) is 3.89. The van der Waals surface area contributed by atoms with E-state index in [0.717, 1.165) is 21.3 Å². The fourth-order valence-electron chi connectivity index (χ4n) is 1.58. The molecule has 0 saturated heterocycles. The van der Waals surface area contributed by atoms with E-state index in [1.54, 1.807) is 6.07 Å². The van der Waals surface area contributed by atoms with E-state index in [1.807, 2.05) is 37.3 Å². The summed E-state index contributed by atoms with van der Waals surface area (Å²) in [5.41, 5.74) is 8.31. The van der Waals surface area contributed by atoms with Crippen LogP contribution in [0.2, 0.25) is 0 Å². The predicted octanol–water partition coefficient (Wildman–Crippen LogP) is 3.62. The first-order valence-electron chi connectivity index (χ1n) is 5.53. The standard InChI is InChI=1S/C14H14BrNO2/c1-9-5-14(12(15)7-13(9)16)18-11-4-2-3-10(6-11)8-17/h2-7,17H,8,16H2,1H3. The number of rotatable bonds is 3. The second-order valence-electron chi connectivity index (χ2n) is 4.05. The van der Waals surface area contributed by atoms with Gasteiger partial charge >= 0.3 is 0 Å². The van der Waals surface area contributed by atoms with Crippen molar-refractivity contribution in [3.05, 3.63) is 52.0 Å². The van der Waals surface area contributed by atoms with E-state index in [2.05, 4.69) is 15.9 Å². The first-order valence-corrected chi connectivity index (χ1v) is 6.32. The fourth-order valence-corrected chi connectivity index (χ4v) is 2.02. The van der Waals surface area contributed by atoms with Crippen LogP contribution in [0.3, 0.4) is 0 Å². The smallest absolute Gasteiger partial charge is 0.142 e. The quantitative estimate of drug-likeness (QED) is 0.851. The van der Waals surface area contributed by atoms with Crippen molar-refractivity contribution in [1.29, 1.82) is 0 Å². The van der Waals surface area contributed by atoms with Gasteiger partial charge in [0, 0.05) is 5.69 Å². The number of halogens is 1. The topological polar surface area (TPSA) is 55.5 Å². The van der Waals surface area contributed by atoms with Crippen LogP contribution in [0.5, 0.6) is 11.5 Å². The largest absolute Gasteiger partial charge is 0.456 e. The van der Waals surface area contributed by atoms with Crippen LogP contribution < -0.4 is 10.5 Å². The van der Waals surface area contributed by atoms with E-state index in [-0.39, 0.29) is 6.61 Å². The van der Waals surface area contributed by atoms with Gasteiger partial charge in [-0.1, -0.05) is 12.1 Å². The molecule has 4 heteroatoms. The van der Waals surface area contributed by atoms with Gasteiger partial charge in [0.15, 0.2) is 0 Å². The highest BCUT2D eigenvalue weighted by molar-refractivity contribution is 9.10. The zero-order valence-electron chi connectivity index (χ0n) is 9.98. The number of nitrogens with two attached hydrogens (primary N) is 1. The molecule has 0 fully saturated rings. The normalized spacial score (nSPS) is 10.4. The SMILES string of the molecule is Cc1cc(Oc2cccc(CO)c2)c(Br)cc1N. The van der Waals surface area contributed by atoms with Crippen molar-refractivity contribution in [2.24, 2.45) is 0 Å². The van der Waals surface area contributed by atoms with E-state index in [1.165, 1.54) is 0 Å². The number of anilines is 1. The van der Waals surface area contributed by atoms with Crippen LogP contribution in [0.4, 0.5) is 5.69 Å². The third kappa shape index (κ3) is 2.83. The number of hydrogen-bond donors (Lipinski definition) is 2. The second kappa shape index (κ2) is 5.42. The molecule has 94 valence electrons. The number of ether oxygens (including phenoxy) is 1. The van der Waals surface area contributed by atoms with Crippen molar-refractivity contribution in [1.82, 2.24) is 0 Å². The monoisotopic (exact) mass is 307 g/mol. The lowest BCUT2D eigenvalue weighted by Crippen LogP contribution is -1.93. The van der Waals surface area contributed by atoms with Crippen LogP contribution in [-0.2, 0) is 6.61 Å². The first-order chi connectivity index (χ1) is 8.60. The number of hydrogen-bond acceptors (Lipinski definition) is 3. The maximum Gasteiger partial charge on any atom is 0.142 e. The lowest BCUT2D eigenvalue weighted by atomic mass is 10.2. The Labute approximate surface area is 114 Å². The molecular formula is C14H14BrNO2. The van der Waals surface area contributed by atoms with Crippen molar-refractivity contribution in [2.75, 3.05) is 5.73 Å². The minimum absolute atomic E-state index is 0.000858. The molecule has 0 spiro atoms. The summed E-state index contributed by atoms with van der Waals surface area (Å²) >= 11 is 3.42. The zero-order valence-corrected chi connectivity index (χ0v) is 11.6. The average Bonchev–Trinajstić information content (AvgIpc) is 2.36. The lowest BCUT2D eigenvalue weighted by molar-refractivity contribution is 0.281. The molecule has 0 unspecified atom stereocenters. The first kappa shape index (κ1) is 12.9.